The van der Waals surface area contributed by atoms with Crippen LogP contribution in [0.1, 0.15) is 19.2 Å². The zero-order valence-corrected chi connectivity index (χ0v) is 12.7. The minimum Gasteiger partial charge on any atom is -0.384 e. The lowest BCUT2D eigenvalue weighted by molar-refractivity contribution is 0.811. The number of rotatable bonds is 7. The third kappa shape index (κ3) is 4.63. The Bertz CT molecular complexity index is 556. The minimum atomic E-state index is 0.519. The summed E-state index contributed by atoms with van der Waals surface area (Å²) >= 11 is 0. The molecule has 0 radical (unpaired) electrons. The molecule has 2 aromatic rings. The van der Waals surface area contributed by atoms with Gasteiger partial charge in [-0.05, 0) is 18.6 Å². The van der Waals surface area contributed by atoms with Gasteiger partial charge in [-0.25, -0.2) is 9.97 Å². The molecule has 0 amide bonds. The molecule has 112 valence electrons. The molecule has 0 unspecified atom stereocenters. The second-order valence-corrected chi connectivity index (χ2v) is 4.99. The second-order valence-electron chi connectivity index (χ2n) is 4.99. The average molecular weight is 285 g/mol. The smallest absolute Gasteiger partial charge is 0.132 e. The van der Waals surface area contributed by atoms with Crippen molar-refractivity contribution in [2.75, 3.05) is 36.1 Å². The van der Waals surface area contributed by atoms with Crippen molar-refractivity contribution in [1.29, 1.82) is 0 Å². The van der Waals surface area contributed by atoms with Crippen molar-refractivity contribution in [3.8, 4) is 0 Å². The van der Waals surface area contributed by atoms with Crippen LogP contribution in [0.25, 0.3) is 0 Å². The van der Waals surface area contributed by atoms with Crippen LogP contribution < -0.4 is 16.0 Å². The summed E-state index contributed by atoms with van der Waals surface area (Å²) in [4.78, 5) is 10.8. The van der Waals surface area contributed by atoms with E-state index in [1.54, 1.807) is 6.07 Å². The molecule has 1 heterocycles. The predicted molar refractivity (Wildman–Crippen MR) is 88.6 cm³/mol. The number of hydrogen-bond donors (Lipinski definition) is 2. The third-order valence-electron chi connectivity index (χ3n) is 3.28. The maximum Gasteiger partial charge on any atom is 0.132 e. The number of nitrogen functional groups attached to an aromatic ring is 1. The highest BCUT2D eigenvalue weighted by molar-refractivity contribution is 5.46. The molecule has 5 heteroatoms. The number of aromatic nitrogens is 2. The quantitative estimate of drug-likeness (QED) is 0.765. The summed E-state index contributed by atoms with van der Waals surface area (Å²) in [5.74, 6) is 2.10. The number of benzene rings is 1. The molecule has 5 nitrogen and oxygen atoms in total. The Kier molecular flexibility index (Phi) is 5.37. The number of nitrogens with zero attached hydrogens (tertiary/aromatic N) is 3. The number of aryl methyl sites for hydroxylation is 1. The van der Waals surface area contributed by atoms with E-state index >= 15 is 0 Å². The van der Waals surface area contributed by atoms with Crippen molar-refractivity contribution in [2.24, 2.45) is 0 Å². The van der Waals surface area contributed by atoms with Crippen LogP contribution in [0.3, 0.4) is 0 Å². The molecule has 21 heavy (non-hydrogen) atoms. The molecule has 0 aliphatic rings. The van der Waals surface area contributed by atoms with Crippen molar-refractivity contribution in [2.45, 2.75) is 19.8 Å². The molecule has 2 rings (SSSR count). The molecule has 0 aliphatic heterocycles. The van der Waals surface area contributed by atoms with Crippen molar-refractivity contribution in [1.82, 2.24) is 9.97 Å². The molecular weight excluding hydrogens is 262 g/mol. The van der Waals surface area contributed by atoms with Crippen LogP contribution in [0.2, 0.25) is 0 Å². The highest BCUT2D eigenvalue weighted by Gasteiger charge is 2.02. The zero-order valence-electron chi connectivity index (χ0n) is 12.7. The summed E-state index contributed by atoms with van der Waals surface area (Å²) in [6.45, 7) is 3.86. The fraction of sp³-hybridized carbons (Fsp3) is 0.375. The minimum absolute atomic E-state index is 0.519. The molecule has 0 spiro atoms. The van der Waals surface area contributed by atoms with Gasteiger partial charge >= 0.3 is 0 Å². The standard InChI is InChI=1S/C16H23N5/c1-3-15-19-14(17)12-16(20-15)18-10-7-11-21(2)13-8-5-4-6-9-13/h4-6,8-9,12H,3,7,10-11H2,1-2H3,(H3,17,18,19,20). The Labute approximate surface area is 126 Å². The number of nitrogens with two attached hydrogens (primary N) is 1. The highest BCUT2D eigenvalue weighted by Crippen LogP contribution is 2.12. The Morgan fingerprint density at radius 2 is 1.95 bits per heavy atom. The van der Waals surface area contributed by atoms with Gasteiger partial charge < -0.3 is 16.0 Å². The van der Waals surface area contributed by atoms with E-state index in [2.05, 4.69) is 51.5 Å². The Morgan fingerprint density at radius 1 is 1.19 bits per heavy atom. The largest absolute Gasteiger partial charge is 0.384 e. The van der Waals surface area contributed by atoms with Gasteiger partial charge in [-0.1, -0.05) is 25.1 Å². The first-order valence-electron chi connectivity index (χ1n) is 7.32. The third-order valence-corrected chi connectivity index (χ3v) is 3.28. The molecule has 1 aromatic carbocycles. The molecule has 0 aliphatic carbocycles. The monoisotopic (exact) mass is 285 g/mol. The fourth-order valence-corrected chi connectivity index (χ4v) is 2.11. The van der Waals surface area contributed by atoms with E-state index < -0.39 is 0 Å². The lowest BCUT2D eigenvalue weighted by atomic mass is 10.3. The highest BCUT2D eigenvalue weighted by atomic mass is 15.1. The normalized spacial score (nSPS) is 10.4. The molecule has 0 fully saturated rings. The van der Waals surface area contributed by atoms with Gasteiger partial charge in [-0.3, -0.25) is 0 Å². The van der Waals surface area contributed by atoms with Gasteiger partial charge in [0.15, 0.2) is 0 Å². The summed E-state index contributed by atoms with van der Waals surface area (Å²) in [6.07, 6.45) is 1.81. The molecule has 0 saturated carbocycles. The van der Waals surface area contributed by atoms with E-state index in [1.165, 1.54) is 5.69 Å². The van der Waals surface area contributed by atoms with Crippen LogP contribution in [0, 0.1) is 0 Å². The molecule has 1 aromatic heterocycles. The van der Waals surface area contributed by atoms with Crippen molar-refractivity contribution in [3.05, 3.63) is 42.2 Å². The van der Waals surface area contributed by atoms with Crippen LogP contribution in [0.5, 0.6) is 0 Å². The Morgan fingerprint density at radius 3 is 2.67 bits per heavy atom. The van der Waals surface area contributed by atoms with Gasteiger partial charge in [0.05, 0.1) is 0 Å². The number of hydrogen-bond acceptors (Lipinski definition) is 5. The first-order chi connectivity index (χ1) is 10.2. The lowest BCUT2D eigenvalue weighted by Gasteiger charge is -2.19. The number of anilines is 3. The lowest BCUT2D eigenvalue weighted by Crippen LogP contribution is -2.21. The van der Waals surface area contributed by atoms with Crippen molar-refractivity contribution in [3.63, 3.8) is 0 Å². The van der Waals surface area contributed by atoms with Crippen LogP contribution in [-0.4, -0.2) is 30.1 Å². The second kappa shape index (κ2) is 7.47. The summed E-state index contributed by atoms with van der Waals surface area (Å²) < 4.78 is 0. The van der Waals surface area contributed by atoms with Crippen molar-refractivity contribution >= 4 is 17.3 Å². The SMILES string of the molecule is CCc1nc(N)cc(NCCCN(C)c2ccccc2)n1. The summed E-state index contributed by atoms with van der Waals surface area (Å²) in [7, 11) is 2.10. The van der Waals surface area contributed by atoms with E-state index in [0.717, 1.165) is 37.6 Å². The summed E-state index contributed by atoms with van der Waals surface area (Å²) in [5, 5.41) is 3.31. The summed E-state index contributed by atoms with van der Waals surface area (Å²) in [6, 6.07) is 12.2. The molecule has 0 atom stereocenters. The van der Waals surface area contributed by atoms with E-state index in [1.807, 2.05) is 13.0 Å². The van der Waals surface area contributed by atoms with E-state index in [0.29, 0.717) is 5.82 Å². The maximum absolute atomic E-state index is 5.76. The van der Waals surface area contributed by atoms with Crippen LogP contribution in [0.4, 0.5) is 17.3 Å². The number of nitrogens with one attached hydrogen (secondary N) is 1. The topological polar surface area (TPSA) is 67.1 Å². The number of para-hydroxylation sites is 1. The van der Waals surface area contributed by atoms with Crippen LogP contribution in [-0.2, 0) is 6.42 Å². The fourth-order valence-electron chi connectivity index (χ4n) is 2.11. The van der Waals surface area contributed by atoms with Crippen LogP contribution >= 0.6 is 0 Å². The average Bonchev–Trinajstić information content (AvgIpc) is 2.51. The van der Waals surface area contributed by atoms with E-state index in [9.17, 15) is 0 Å². The molecule has 0 bridgehead atoms. The Hall–Kier alpha value is -2.30. The Balaban J connectivity index is 1.78. The zero-order chi connectivity index (χ0) is 15.1. The molecule has 3 N–H and O–H groups in total. The van der Waals surface area contributed by atoms with Gasteiger partial charge in [0.25, 0.3) is 0 Å². The predicted octanol–water partition coefficient (Wildman–Crippen LogP) is 2.56. The molecular formula is C16H23N5. The van der Waals surface area contributed by atoms with Gasteiger partial charge in [-0.2, -0.15) is 0 Å². The first kappa shape index (κ1) is 15.1. The summed E-state index contributed by atoms with van der Waals surface area (Å²) in [5.41, 5.74) is 7.00. The van der Waals surface area contributed by atoms with Gasteiger partial charge in [0.2, 0.25) is 0 Å². The van der Waals surface area contributed by atoms with Crippen LogP contribution in [0.15, 0.2) is 36.4 Å². The van der Waals surface area contributed by atoms with E-state index in [4.69, 9.17) is 5.73 Å². The van der Waals surface area contributed by atoms with Gasteiger partial charge in [0.1, 0.15) is 17.5 Å². The maximum atomic E-state index is 5.76. The molecule has 0 saturated heterocycles. The van der Waals surface area contributed by atoms with E-state index in [-0.39, 0.29) is 0 Å². The first-order valence-corrected chi connectivity index (χ1v) is 7.32. The van der Waals surface area contributed by atoms with Gasteiger partial charge in [-0.15, -0.1) is 0 Å². The van der Waals surface area contributed by atoms with Crippen molar-refractivity contribution < 1.29 is 0 Å². The van der Waals surface area contributed by atoms with Gasteiger partial charge in [0, 0.05) is 38.3 Å².